The van der Waals surface area contributed by atoms with Gasteiger partial charge in [0.2, 0.25) is 11.4 Å². The van der Waals surface area contributed by atoms with Gasteiger partial charge in [0.15, 0.2) is 0 Å². The number of hydrogen-bond donors (Lipinski definition) is 1. The second kappa shape index (κ2) is 3.56. The highest BCUT2D eigenvalue weighted by atomic mass is 16.5. The molecule has 0 aliphatic carbocycles. The number of carbonyl (C=O) groups is 1. The predicted molar refractivity (Wildman–Crippen MR) is 49.9 cm³/mol. The summed E-state index contributed by atoms with van der Waals surface area (Å²) in [5, 5.41) is 8.88. The van der Waals surface area contributed by atoms with Gasteiger partial charge in [0.25, 0.3) is 5.88 Å². The molecule has 0 spiro atoms. The Hall–Kier alpha value is -2.11. The van der Waals surface area contributed by atoms with Gasteiger partial charge in [0.05, 0.1) is 12.9 Å². The Morgan fingerprint density at radius 2 is 2.40 bits per heavy atom. The number of rotatable bonds is 3. The summed E-state index contributed by atoms with van der Waals surface area (Å²) >= 11 is 0. The summed E-state index contributed by atoms with van der Waals surface area (Å²) in [6.45, 7) is 2.06. The average Bonchev–Trinajstić information content (AvgIpc) is 2.63. The number of nitrogens with zero attached hydrogens (tertiary/aromatic N) is 2. The van der Waals surface area contributed by atoms with E-state index in [0.717, 1.165) is 0 Å². The first-order chi connectivity index (χ1) is 7.22. The van der Waals surface area contributed by atoms with Crippen LogP contribution in [-0.4, -0.2) is 27.7 Å². The molecule has 6 heteroatoms. The number of aromatic carboxylic acids is 1. The van der Waals surface area contributed by atoms with Crippen LogP contribution in [0.5, 0.6) is 5.88 Å². The molecule has 0 unspecified atom stereocenters. The van der Waals surface area contributed by atoms with Crippen molar-refractivity contribution in [3.8, 4) is 5.88 Å². The number of aromatic nitrogens is 2. The molecule has 6 nitrogen and oxygen atoms in total. The summed E-state index contributed by atoms with van der Waals surface area (Å²) in [6.07, 6.45) is 1.39. The Morgan fingerprint density at radius 1 is 1.60 bits per heavy atom. The van der Waals surface area contributed by atoms with Gasteiger partial charge in [-0.05, 0) is 6.92 Å². The zero-order valence-electron chi connectivity index (χ0n) is 7.93. The molecule has 0 atom stereocenters. The number of carboxylic acids is 1. The van der Waals surface area contributed by atoms with Gasteiger partial charge >= 0.3 is 5.97 Å². The molecule has 2 rings (SSSR count). The molecule has 1 N–H and O–H groups in total. The van der Waals surface area contributed by atoms with E-state index < -0.39 is 5.97 Å². The summed E-state index contributed by atoms with van der Waals surface area (Å²) in [7, 11) is 0. The topological polar surface area (TPSA) is 85.5 Å². The van der Waals surface area contributed by atoms with Crippen molar-refractivity contribution in [1.82, 2.24) is 9.97 Å². The fourth-order valence-corrected chi connectivity index (χ4v) is 1.15. The van der Waals surface area contributed by atoms with Crippen LogP contribution in [0.2, 0.25) is 0 Å². The van der Waals surface area contributed by atoms with E-state index in [2.05, 4.69) is 9.97 Å². The molecule has 78 valence electrons. The lowest BCUT2D eigenvalue weighted by Gasteiger charge is -2.03. The zero-order valence-corrected chi connectivity index (χ0v) is 7.93. The molecule has 0 saturated heterocycles. The van der Waals surface area contributed by atoms with Crippen LogP contribution in [-0.2, 0) is 0 Å². The summed E-state index contributed by atoms with van der Waals surface area (Å²) in [5.74, 6) is -1.19. The zero-order chi connectivity index (χ0) is 10.8. The van der Waals surface area contributed by atoms with E-state index in [4.69, 9.17) is 14.3 Å². The first kappa shape index (κ1) is 9.45. The minimum Gasteiger partial charge on any atom is -0.476 e. The monoisotopic (exact) mass is 208 g/mol. The molecule has 0 fully saturated rings. The molecule has 0 radical (unpaired) electrons. The van der Waals surface area contributed by atoms with Gasteiger partial charge in [-0.25, -0.2) is 9.78 Å². The number of fused-ring (bicyclic) bond motifs is 1. The molecule has 15 heavy (non-hydrogen) atoms. The Balaban J connectivity index is 2.62. The molecule has 0 bridgehead atoms. The molecule has 0 aliphatic heterocycles. The van der Waals surface area contributed by atoms with Crippen LogP contribution in [0.3, 0.4) is 0 Å². The maximum absolute atomic E-state index is 10.8. The number of hydrogen-bond acceptors (Lipinski definition) is 5. The highest BCUT2D eigenvalue weighted by molar-refractivity contribution is 5.90. The second-order valence-corrected chi connectivity index (χ2v) is 2.73. The third kappa shape index (κ3) is 1.61. The molecule has 2 aromatic heterocycles. The minimum atomic E-state index is -1.17. The predicted octanol–water partition coefficient (Wildman–Crippen LogP) is 1.32. The first-order valence-electron chi connectivity index (χ1n) is 4.33. The molecular formula is C9H8N2O4. The Morgan fingerprint density at radius 3 is 3.07 bits per heavy atom. The van der Waals surface area contributed by atoms with Crippen LogP contribution in [0.25, 0.3) is 11.2 Å². The van der Waals surface area contributed by atoms with E-state index >= 15 is 0 Å². The lowest BCUT2D eigenvalue weighted by Crippen LogP contribution is -2.07. The fourth-order valence-electron chi connectivity index (χ4n) is 1.15. The van der Waals surface area contributed by atoms with Crippen LogP contribution in [0.4, 0.5) is 0 Å². The number of furan rings is 1. The third-order valence-corrected chi connectivity index (χ3v) is 1.75. The summed E-state index contributed by atoms with van der Waals surface area (Å²) in [4.78, 5) is 18.6. The van der Waals surface area contributed by atoms with Gasteiger partial charge < -0.3 is 14.3 Å². The smallest absolute Gasteiger partial charge is 0.360 e. The molecule has 0 amide bonds. The van der Waals surface area contributed by atoms with Crippen molar-refractivity contribution in [3.63, 3.8) is 0 Å². The molecule has 2 aromatic rings. The van der Waals surface area contributed by atoms with Crippen LogP contribution in [0.1, 0.15) is 17.4 Å². The molecular weight excluding hydrogens is 200 g/mol. The maximum atomic E-state index is 10.8. The van der Waals surface area contributed by atoms with Gasteiger partial charge in [0.1, 0.15) is 5.52 Å². The minimum absolute atomic E-state index is 0.0209. The van der Waals surface area contributed by atoms with E-state index in [9.17, 15) is 4.79 Å². The van der Waals surface area contributed by atoms with Crippen molar-refractivity contribution in [2.45, 2.75) is 6.92 Å². The van der Waals surface area contributed by atoms with Gasteiger partial charge in [-0.1, -0.05) is 0 Å². The molecule has 0 aromatic carbocycles. The summed E-state index contributed by atoms with van der Waals surface area (Å²) in [6, 6.07) is 1.55. The average molecular weight is 208 g/mol. The fraction of sp³-hybridized carbons (Fsp3) is 0.222. The normalized spacial score (nSPS) is 10.5. The summed E-state index contributed by atoms with van der Waals surface area (Å²) in [5.41, 5.74) is 0.463. The maximum Gasteiger partial charge on any atom is 0.360 e. The van der Waals surface area contributed by atoms with Gasteiger partial charge in [-0.15, -0.1) is 0 Å². The Labute approximate surface area is 84.5 Å². The highest BCUT2D eigenvalue weighted by Gasteiger charge is 2.17. The van der Waals surface area contributed by atoms with Crippen LogP contribution < -0.4 is 4.74 Å². The third-order valence-electron chi connectivity index (χ3n) is 1.75. The number of carboxylic acid groups (broad SMARTS) is 1. The summed E-state index contributed by atoms with van der Waals surface area (Å²) < 4.78 is 10.1. The van der Waals surface area contributed by atoms with Crippen LogP contribution >= 0.6 is 0 Å². The van der Waals surface area contributed by atoms with E-state index in [0.29, 0.717) is 12.1 Å². The van der Waals surface area contributed by atoms with Gasteiger partial charge in [0, 0.05) is 6.07 Å². The van der Waals surface area contributed by atoms with Crippen LogP contribution in [0, 0.1) is 0 Å². The molecule has 0 aliphatic rings. The van der Waals surface area contributed by atoms with Crippen molar-refractivity contribution in [2.24, 2.45) is 0 Å². The lowest BCUT2D eigenvalue weighted by molar-refractivity contribution is 0.0685. The molecule has 0 saturated carbocycles. The molecule has 2 heterocycles. The second-order valence-electron chi connectivity index (χ2n) is 2.73. The van der Waals surface area contributed by atoms with Crippen molar-refractivity contribution < 1.29 is 19.1 Å². The Kier molecular flexibility index (Phi) is 2.24. The van der Waals surface area contributed by atoms with E-state index in [1.807, 2.05) is 0 Å². The van der Waals surface area contributed by atoms with Crippen molar-refractivity contribution >= 4 is 17.2 Å². The highest BCUT2D eigenvalue weighted by Crippen LogP contribution is 2.19. The quantitative estimate of drug-likeness (QED) is 0.818. The van der Waals surface area contributed by atoms with Gasteiger partial charge in [-0.2, -0.15) is 4.98 Å². The van der Waals surface area contributed by atoms with Crippen molar-refractivity contribution in [2.75, 3.05) is 6.61 Å². The van der Waals surface area contributed by atoms with Crippen molar-refractivity contribution in [3.05, 3.63) is 18.0 Å². The van der Waals surface area contributed by atoms with E-state index in [1.165, 1.54) is 6.26 Å². The standard InChI is InChI=1S/C9H8N2O4/c1-2-14-8-6(9(12)13)10-5-3-4-15-7(5)11-8/h3-4H,2H2,1H3,(H,12,13). The van der Waals surface area contributed by atoms with E-state index in [-0.39, 0.29) is 17.3 Å². The van der Waals surface area contributed by atoms with Crippen LogP contribution in [0.15, 0.2) is 16.7 Å². The van der Waals surface area contributed by atoms with E-state index in [1.54, 1.807) is 13.0 Å². The Bertz CT molecular complexity index is 506. The van der Waals surface area contributed by atoms with Crippen molar-refractivity contribution in [1.29, 1.82) is 0 Å². The number of ether oxygens (including phenoxy) is 1. The first-order valence-corrected chi connectivity index (χ1v) is 4.33. The largest absolute Gasteiger partial charge is 0.476 e. The lowest BCUT2D eigenvalue weighted by atomic mass is 10.4. The van der Waals surface area contributed by atoms with Gasteiger partial charge in [-0.3, -0.25) is 0 Å². The SMILES string of the molecule is CCOc1nc2occc2nc1C(=O)O.